The molecule has 1 N–H and O–H groups in total. The van der Waals surface area contributed by atoms with E-state index in [4.69, 9.17) is 0 Å². The van der Waals surface area contributed by atoms with Crippen LogP contribution in [-0.2, 0) is 19.4 Å². The van der Waals surface area contributed by atoms with E-state index in [1.54, 1.807) is 6.20 Å². The quantitative estimate of drug-likeness (QED) is 0.790. The second-order valence-electron chi connectivity index (χ2n) is 6.52. The van der Waals surface area contributed by atoms with Gasteiger partial charge in [-0.25, -0.2) is 4.98 Å². The summed E-state index contributed by atoms with van der Waals surface area (Å²) >= 11 is 0. The maximum absolute atomic E-state index is 12.7. The number of aromatic nitrogens is 2. The Morgan fingerprint density at radius 1 is 1.29 bits per heavy atom. The molecule has 0 amide bonds. The summed E-state index contributed by atoms with van der Waals surface area (Å²) in [7, 11) is 0. The molecule has 0 bridgehead atoms. The van der Waals surface area contributed by atoms with Gasteiger partial charge < -0.3 is 9.88 Å². The van der Waals surface area contributed by atoms with E-state index in [9.17, 15) is 4.79 Å². The Balaban J connectivity index is 1.65. The lowest BCUT2D eigenvalue weighted by molar-refractivity contribution is 0.0967. The van der Waals surface area contributed by atoms with Gasteiger partial charge in [-0.05, 0) is 36.8 Å². The van der Waals surface area contributed by atoms with Gasteiger partial charge in [-0.15, -0.1) is 0 Å². The molecule has 1 aromatic carbocycles. The third-order valence-corrected chi connectivity index (χ3v) is 5.01. The van der Waals surface area contributed by atoms with E-state index in [1.807, 2.05) is 0 Å². The van der Waals surface area contributed by atoms with E-state index < -0.39 is 0 Å². The summed E-state index contributed by atoms with van der Waals surface area (Å²) in [6.07, 6.45) is 6.28. The molecule has 1 aromatic heterocycles. The summed E-state index contributed by atoms with van der Waals surface area (Å²) in [5.74, 6) is 1.22. The summed E-state index contributed by atoms with van der Waals surface area (Å²) in [6.45, 7) is 6.02. The number of aryl methyl sites for hydroxylation is 2. The van der Waals surface area contributed by atoms with Crippen LogP contribution in [-0.4, -0.2) is 21.9 Å². The maximum Gasteiger partial charge on any atom is 0.180 e. The van der Waals surface area contributed by atoms with Gasteiger partial charge in [0.2, 0.25) is 0 Å². The first-order valence-corrected chi connectivity index (χ1v) is 9.11. The first kappa shape index (κ1) is 16.9. The summed E-state index contributed by atoms with van der Waals surface area (Å²) in [5, 5.41) is 3.38. The number of nitrogens with one attached hydrogen (secondary N) is 1. The standard InChI is InChI=1S/C20H27N3O/c1-3-15-8-5-6-9-16(15)10-7-11-19(24)18-13-22-20-14-21-12-17(4-2)23(18)20/h5-6,8-9,13,17,21H,3-4,7,10-12,14H2,1-2H3. The number of fused-ring (bicyclic) bond motifs is 1. The van der Waals surface area contributed by atoms with E-state index in [-0.39, 0.29) is 5.78 Å². The Bertz CT molecular complexity index is 705. The molecule has 1 aliphatic heterocycles. The fraction of sp³-hybridized carbons (Fsp3) is 0.500. The molecular weight excluding hydrogens is 298 g/mol. The topological polar surface area (TPSA) is 46.9 Å². The van der Waals surface area contributed by atoms with Gasteiger partial charge in [0.25, 0.3) is 0 Å². The highest BCUT2D eigenvalue weighted by Gasteiger charge is 2.24. The molecule has 0 spiro atoms. The van der Waals surface area contributed by atoms with Crippen molar-refractivity contribution >= 4 is 5.78 Å². The summed E-state index contributed by atoms with van der Waals surface area (Å²) in [6, 6.07) is 8.88. The van der Waals surface area contributed by atoms with E-state index in [0.29, 0.717) is 12.5 Å². The van der Waals surface area contributed by atoms with Crippen molar-refractivity contribution in [2.75, 3.05) is 6.54 Å². The molecule has 2 aromatic rings. The fourth-order valence-electron chi connectivity index (χ4n) is 3.63. The minimum atomic E-state index is 0.225. The Hall–Kier alpha value is -1.94. The van der Waals surface area contributed by atoms with Crippen molar-refractivity contribution < 1.29 is 4.79 Å². The summed E-state index contributed by atoms with van der Waals surface area (Å²) in [5.41, 5.74) is 3.56. The zero-order valence-electron chi connectivity index (χ0n) is 14.7. The lowest BCUT2D eigenvalue weighted by Crippen LogP contribution is -2.34. The molecule has 4 nitrogen and oxygen atoms in total. The minimum absolute atomic E-state index is 0.225. The second-order valence-corrected chi connectivity index (χ2v) is 6.52. The largest absolute Gasteiger partial charge is 0.320 e. The molecule has 1 unspecified atom stereocenters. The van der Waals surface area contributed by atoms with Crippen molar-refractivity contribution in [2.45, 2.75) is 58.5 Å². The second kappa shape index (κ2) is 7.75. The molecule has 0 saturated carbocycles. The van der Waals surface area contributed by atoms with Crippen LogP contribution in [0.25, 0.3) is 0 Å². The first-order chi connectivity index (χ1) is 11.7. The number of ketones is 1. The highest BCUT2D eigenvalue weighted by molar-refractivity contribution is 5.94. The van der Waals surface area contributed by atoms with Crippen LogP contribution in [0.4, 0.5) is 0 Å². The number of hydrogen-bond donors (Lipinski definition) is 1. The van der Waals surface area contributed by atoms with Crippen molar-refractivity contribution in [3.05, 3.63) is 53.1 Å². The van der Waals surface area contributed by atoms with Gasteiger partial charge in [0.1, 0.15) is 11.5 Å². The van der Waals surface area contributed by atoms with Gasteiger partial charge in [-0.1, -0.05) is 38.1 Å². The molecule has 24 heavy (non-hydrogen) atoms. The average Bonchev–Trinajstić information content (AvgIpc) is 3.06. The number of Topliss-reactive ketones (excluding diaryl/α,β-unsaturated/α-hetero) is 1. The lowest BCUT2D eigenvalue weighted by Gasteiger charge is -2.26. The van der Waals surface area contributed by atoms with Crippen molar-refractivity contribution in [3.63, 3.8) is 0 Å². The van der Waals surface area contributed by atoms with Gasteiger partial charge in [-0.2, -0.15) is 0 Å². The van der Waals surface area contributed by atoms with Crippen LogP contribution in [0.3, 0.4) is 0 Å². The molecule has 1 atom stereocenters. The molecule has 0 aliphatic carbocycles. The number of nitrogens with zero attached hydrogens (tertiary/aromatic N) is 2. The average molecular weight is 325 g/mol. The number of carbonyl (C=O) groups is 1. The van der Waals surface area contributed by atoms with Gasteiger partial charge in [0.15, 0.2) is 5.78 Å². The first-order valence-electron chi connectivity index (χ1n) is 9.11. The van der Waals surface area contributed by atoms with Crippen LogP contribution in [0.15, 0.2) is 30.5 Å². The molecule has 1 aliphatic rings. The predicted octanol–water partition coefficient (Wildman–Crippen LogP) is 3.71. The third kappa shape index (κ3) is 3.44. The minimum Gasteiger partial charge on any atom is -0.320 e. The van der Waals surface area contributed by atoms with E-state index >= 15 is 0 Å². The van der Waals surface area contributed by atoms with E-state index in [2.05, 4.69) is 53.0 Å². The van der Waals surface area contributed by atoms with Gasteiger partial charge in [0.05, 0.1) is 12.7 Å². The van der Waals surface area contributed by atoms with Crippen LogP contribution in [0.2, 0.25) is 0 Å². The molecule has 4 heteroatoms. The van der Waals surface area contributed by atoms with Crippen LogP contribution in [0.1, 0.15) is 66.6 Å². The van der Waals surface area contributed by atoms with Crippen molar-refractivity contribution in [2.24, 2.45) is 0 Å². The lowest BCUT2D eigenvalue weighted by atomic mass is 9.99. The number of rotatable bonds is 7. The Morgan fingerprint density at radius 2 is 2.08 bits per heavy atom. The molecule has 2 heterocycles. The third-order valence-electron chi connectivity index (χ3n) is 5.01. The highest BCUT2D eigenvalue weighted by atomic mass is 16.1. The molecule has 3 rings (SSSR count). The van der Waals surface area contributed by atoms with Crippen molar-refractivity contribution in [3.8, 4) is 0 Å². The van der Waals surface area contributed by atoms with Gasteiger partial charge in [0, 0.05) is 19.0 Å². The molecular formula is C20H27N3O. The Morgan fingerprint density at radius 3 is 2.83 bits per heavy atom. The summed E-state index contributed by atoms with van der Waals surface area (Å²) < 4.78 is 2.17. The zero-order valence-corrected chi connectivity index (χ0v) is 14.7. The SMILES string of the molecule is CCc1ccccc1CCCC(=O)c1cnc2n1C(CC)CNC2. The Kier molecular flexibility index (Phi) is 5.46. The maximum atomic E-state index is 12.7. The van der Waals surface area contributed by atoms with Crippen molar-refractivity contribution in [1.82, 2.24) is 14.9 Å². The van der Waals surface area contributed by atoms with E-state index in [1.165, 1.54) is 11.1 Å². The highest BCUT2D eigenvalue weighted by Crippen LogP contribution is 2.22. The number of carbonyl (C=O) groups excluding carboxylic acids is 1. The van der Waals surface area contributed by atoms with Crippen LogP contribution in [0, 0.1) is 0 Å². The molecule has 0 fully saturated rings. The number of hydrogen-bond acceptors (Lipinski definition) is 3. The van der Waals surface area contributed by atoms with E-state index in [0.717, 1.165) is 50.3 Å². The van der Waals surface area contributed by atoms with Gasteiger partial charge >= 0.3 is 0 Å². The molecule has 128 valence electrons. The molecule has 0 saturated heterocycles. The van der Waals surface area contributed by atoms with Crippen LogP contribution in [0.5, 0.6) is 0 Å². The monoisotopic (exact) mass is 325 g/mol. The fourth-order valence-corrected chi connectivity index (χ4v) is 3.63. The van der Waals surface area contributed by atoms with Crippen molar-refractivity contribution in [1.29, 1.82) is 0 Å². The van der Waals surface area contributed by atoms with Crippen LogP contribution >= 0.6 is 0 Å². The normalized spacial score (nSPS) is 16.8. The smallest absolute Gasteiger partial charge is 0.180 e. The predicted molar refractivity (Wildman–Crippen MR) is 96.4 cm³/mol. The number of imidazole rings is 1. The number of benzene rings is 1. The summed E-state index contributed by atoms with van der Waals surface area (Å²) in [4.78, 5) is 17.2. The zero-order chi connectivity index (χ0) is 16.9. The molecule has 0 radical (unpaired) electrons. The van der Waals surface area contributed by atoms with Crippen LogP contribution < -0.4 is 5.32 Å². The van der Waals surface area contributed by atoms with Gasteiger partial charge in [-0.3, -0.25) is 4.79 Å². The Labute approximate surface area is 144 Å².